The average molecular weight is 222 g/mol. The second kappa shape index (κ2) is 4.83. The Hall–Kier alpha value is -1.09. The standard InChI is InChI=1S/C13H19FN2/c1-10(15)11-4-5-13-12(9-11)3-2-7-16(13)8-6-14/h4-5,9-10H,2-3,6-8,15H2,1H3. The van der Waals surface area contributed by atoms with E-state index in [1.807, 2.05) is 6.92 Å². The number of nitrogens with two attached hydrogens (primary N) is 1. The van der Waals surface area contributed by atoms with Gasteiger partial charge in [0.15, 0.2) is 0 Å². The number of halogens is 1. The first-order valence-corrected chi connectivity index (χ1v) is 5.91. The molecule has 1 aliphatic rings. The summed E-state index contributed by atoms with van der Waals surface area (Å²) in [5, 5.41) is 0. The molecule has 0 saturated heterocycles. The third-order valence-corrected chi connectivity index (χ3v) is 3.20. The molecule has 2 N–H and O–H groups in total. The molecule has 1 aromatic rings. The van der Waals surface area contributed by atoms with Gasteiger partial charge in [0.2, 0.25) is 0 Å². The topological polar surface area (TPSA) is 29.3 Å². The van der Waals surface area contributed by atoms with E-state index in [9.17, 15) is 4.39 Å². The Balaban J connectivity index is 2.29. The Labute approximate surface area is 96.2 Å². The van der Waals surface area contributed by atoms with E-state index in [2.05, 4.69) is 23.1 Å². The Morgan fingerprint density at radius 2 is 2.31 bits per heavy atom. The van der Waals surface area contributed by atoms with Crippen LogP contribution < -0.4 is 10.6 Å². The molecule has 1 atom stereocenters. The van der Waals surface area contributed by atoms with Gasteiger partial charge >= 0.3 is 0 Å². The molecule has 1 aromatic carbocycles. The van der Waals surface area contributed by atoms with Gasteiger partial charge in [-0.3, -0.25) is 0 Å². The fourth-order valence-electron chi connectivity index (χ4n) is 2.31. The minimum atomic E-state index is -0.283. The highest BCUT2D eigenvalue weighted by molar-refractivity contribution is 5.57. The number of fused-ring (bicyclic) bond motifs is 1. The SMILES string of the molecule is CC(N)c1ccc2c(c1)CCCN2CCF. The van der Waals surface area contributed by atoms with Crippen molar-refractivity contribution in [2.24, 2.45) is 5.73 Å². The molecule has 0 aliphatic carbocycles. The molecule has 0 bridgehead atoms. The van der Waals surface area contributed by atoms with E-state index in [1.54, 1.807) is 0 Å². The number of hydrogen-bond acceptors (Lipinski definition) is 2. The van der Waals surface area contributed by atoms with E-state index in [-0.39, 0.29) is 12.7 Å². The van der Waals surface area contributed by atoms with Crippen LogP contribution >= 0.6 is 0 Å². The van der Waals surface area contributed by atoms with Crippen LogP contribution in [-0.2, 0) is 6.42 Å². The van der Waals surface area contributed by atoms with Crippen molar-refractivity contribution >= 4 is 5.69 Å². The highest BCUT2D eigenvalue weighted by Gasteiger charge is 2.17. The molecule has 1 heterocycles. The molecule has 88 valence electrons. The van der Waals surface area contributed by atoms with E-state index in [4.69, 9.17) is 5.73 Å². The third kappa shape index (κ3) is 2.19. The van der Waals surface area contributed by atoms with Gasteiger partial charge < -0.3 is 10.6 Å². The lowest BCUT2D eigenvalue weighted by Gasteiger charge is -2.31. The minimum Gasteiger partial charge on any atom is -0.369 e. The lowest BCUT2D eigenvalue weighted by atomic mass is 9.97. The zero-order valence-electron chi connectivity index (χ0n) is 9.75. The Morgan fingerprint density at radius 1 is 1.50 bits per heavy atom. The van der Waals surface area contributed by atoms with E-state index in [1.165, 1.54) is 16.8 Å². The van der Waals surface area contributed by atoms with Crippen molar-refractivity contribution in [2.45, 2.75) is 25.8 Å². The van der Waals surface area contributed by atoms with Gasteiger partial charge in [-0.05, 0) is 37.0 Å². The quantitative estimate of drug-likeness (QED) is 0.851. The predicted octanol–water partition coefficient (Wildman–Crippen LogP) is 2.43. The van der Waals surface area contributed by atoms with Crippen LogP contribution in [-0.4, -0.2) is 19.8 Å². The van der Waals surface area contributed by atoms with Gasteiger partial charge in [-0.15, -0.1) is 0 Å². The first kappa shape index (κ1) is 11.4. The van der Waals surface area contributed by atoms with Crippen LogP contribution in [0.4, 0.5) is 10.1 Å². The maximum atomic E-state index is 12.4. The van der Waals surface area contributed by atoms with E-state index >= 15 is 0 Å². The summed E-state index contributed by atoms with van der Waals surface area (Å²) in [6.07, 6.45) is 2.19. The fraction of sp³-hybridized carbons (Fsp3) is 0.538. The average Bonchev–Trinajstić information content (AvgIpc) is 2.29. The number of nitrogens with zero attached hydrogens (tertiary/aromatic N) is 1. The lowest BCUT2D eigenvalue weighted by molar-refractivity contribution is 0.485. The minimum absolute atomic E-state index is 0.0712. The molecule has 2 rings (SSSR count). The number of anilines is 1. The van der Waals surface area contributed by atoms with Gasteiger partial charge in [0.1, 0.15) is 6.67 Å². The van der Waals surface area contributed by atoms with Gasteiger partial charge in [-0.2, -0.15) is 0 Å². The van der Waals surface area contributed by atoms with Crippen molar-refractivity contribution < 1.29 is 4.39 Å². The molecule has 3 heteroatoms. The predicted molar refractivity (Wildman–Crippen MR) is 65.6 cm³/mol. The molecule has 0 radical (unpaired) electrons. The lowest BCUT2D eigenvalue weighted by Crippen LogP contribution is -2.31. The monoisotopic (exact) mass is 222 g/mol. The second-order valence-corrected chi connectivity index (χ2v) is 4.46. The molecule has 0 fully saturated rings. The van der Waals surface area contributed by atoms with Crippen molar-refractivity contribution in [2.75, 3.05) is 24.7 Å². The first-order chi connectivity index (χ1) is 7.72. The number of hydrogen-bond donors (Lipinski definition) is 1. The van der Waals surface area contributed by atoms with Crippen LogP contribution in [0.2, 0.25) is 0 Å². The molecule has 2 nitrogen and oxygen atoms in total. The molecule has 0 aromatic heterocycles. The van der Waals surface area contributed by atoms with Crippen LogP contribution in [0.15, 0.2) is 18.2 Å². The highest BCUT2D eigenvalue weighted by atomic mass is 19.1. The normalized spacial score (nSPS) is 17.1. The summed E-state index contributed by atoms with van der Waals surface area (Å²) in [4.78, 5) is 2.13. The number of aryl methyl sites for hydroxylation is 1. The third-order valence-electron chi connectivity index (χ3n) is 3.20. The van der Waals surface area contributed by atoms with Crippen LogP contribution in [0.3, 0.4) is 0 Å². The molecular formula is C13H19FN2. The molecule has 0 saturated carbocycles. The van der Waals surface area contributed by atoms with Gasteiger partial charge in [0.05, 0.1) is 0 Å². The van der Waals surface area contributed by atoms with Crippen LogP contribution in [0, 0.1) is 0 Å². The smallest absolute Gasteiger partial charge is 0.107 e. The Kier molecular flexibility index (Phi) is 3.44. The summed E-state index contributed by atoms with van der Waals surface area (Å²) >= 11 is 0. The van der Waals surface area contributed by atoms with Crippen molar-refractivity contribution in [3.05, 3.63) is 29.3 Å². The van der Waals surface area contributed by atoms with Crippen LogP contribution in [0.5, 0.6) is 0 Å². The highest BCUT2D eigenvalue weighted by Crippen LogP contribution is 2.29. The molecular weight excluding hydrogens is 203 g/mol. The first-order valence-electron chi connectivity index (χ1n) is 5.91. The second-order valence-electron chi connectivity index (χ2n) is 4.46. The van der Waals surface area contributed by atoms with Crippen LogP contribution in [0.25, 0.3) is 0 Å². The molecule has 0 spiro atoms. The number of rotatable bonds is 3. The largest absolute Gasteiger partial charge is 0.369 e. The number of alkyl halides is 1. The zero-order valence-corrected chi connectivity index (χ0v) is 9.75. The van der Waals surface area contributed by atoms with Gasteiger partial charge in [-0.25, -0.2) is 4.39 Å². The van der Waals surface area contributed by atoms with Gasteiger partial charge in [0.25, 0.3) is 0 Å². The summed E-state index contributed by atoms with van der Waals surface area (Å²) in [7, 11) is 0. The summed E-state index contributed by atoms with van der Waals surface area (Å²) < 4.78 is 12.4. The number of benzene rings is 1. The molecule has 16 heavy (non-hydrogen) atoms. The van der Waals surface area contributed by atoms with Crippen molar-refractivity contribution in [1.29, 1.82) is 0 Å². The summed E-state index contributed by atoms with van der Waals surface area (Å²) in [5.41, 5.74) is 9.54. The molecule has 1 aliphatic heterocycles. The van der Waals surface area contributed by atoms with Gasteiger partial charge in [-0.1, -0.05) is 12.1 Å². The van der Waals surface area contributed by atoms with E-state index in [0.717, 1.165) is 19.4 Å². The van der Waals surface area contributed by atoms with Crippen molar-refractivity contribution in [3.63, 3.8) is 0 Å². The van der Waals surface area contributed by atoms with E-state index < -0.39 is 0 Å². The van der Waals surface area contributed by atoms with E-state index in [0.29, 0.717) is 6.54 Å². The van der Waals surface area contributed by atoms with Crippen LogP contribution in [0.1, 0.15) is 30.5 Å². The Bertz CT molecular complexity index is 363. The summed E-state index contributed by atoms with van der Waals surface area (Å²) in [5.74, 6) is 0. The zero-order chi connectivity index (χ0) is 11.5. The maximum Gasteiger partial charge on any atom is 0.107 e. The van der Waals surface area contributed by atoms with Gasteiger partial charge in [0, 0.05) is 24.8 Å². The van der Waals surface area contributed by atoms with Crippen molar-refractivity contribution in [1.82, 2.24) is 0 Å². The summed E-state index contributed by atoms with van der Waals surface area (Å²) in [6.45, 7) is 3.18. The Morgan fingerprint density at radius 3 is 3.00 bits per heavy atom. The van der Waals surface area contributed by atoms with Crippen molar-refractivity contribution in [3.8, 4) is 0 Å². The maximum absolute atomic E-state index is 12.4. The molecule has 0 amide bonds. The molecule has 1 unspecified atom stereocenters. The summed E-state index contributed by atoms with van der Waals surface area (Å²) in [6, 6.07) is 6.38. The fourth-order valence-corrected chi connectivity index (χ4v) is 2.31.